The number of hydrogen-bond acceptors (Lipinski definition) is 3. The molecule has 3 aromatic rings. The predicted molar refractivity (Wildman–Crippen MR) is 83.3 cm³/mol. The first-order valence-corrected chi connectivity index (χ1v) is 7.29. The summed E-state index contributed by atoms with van der Waals surface area (Å²) >= 11 is 0. The highest BCUT2D eigenvalue weighted by atomic mass is 19.4. The van der Waals surface area contributed by atoms with Crippen molar-refractivity contribution >= 4 is 16.7 Å². The molecule has 0 radical (unpaired) electrons. The maximum absolute atomic E-state index is 12.9. The molecule has 3 rings (SSSR count). The predicted octanol–water partition coefficient (Wildman–Crippen LogP) is 5.20. The second-order valence-electron chi connectivity index (χ2n) is 5.30. The first-order valence-electron chi connectivity index (χ1n) is 7.29. The molecule has 1 aromatic heterocycles. The Balaban J connectivity index is 1.85. The van der Waals surface area contributed by atoms with E-state index in [0.29, 0.717) is 16.5 Å². The molecule has 0 spiro atoms. The number of anilines is 1. The smallest absolute Gasteiger partial charge is 0.365 e. The summed E-state index contributed by atoms with van der Waals surface area (Å²) in [6, 6.07) is 11.3. The zero-order valence-corrected chi connectivity index (χ0v) is 12.7. The summed E-state index contributed by atoms with van der Waals surface area (Å²) in [4.78, 5) is 7.62. The first kappa shape index (κ1) is 17.1. The lowest BCUT2D eigenvalue weighted by Crippen LogP contribution is -2.07. The van der Waals surface area contributed by atoms with Gasteiger partial charge >= 0.3 is 6.18 Å². The number of alkyl halides is 5. The van der Waals surface area contributed by atoms with Gasteiger partial charge in [0.25, 0.3) is 6.43 Å². The van der Waals surface area contributed by atoms with Crippen molar-refractivity contribution in [2.75, 3.05) is 5.32 Å². The molecule has 0 saturated heterocycles. The zero-order valence-electron chi connectivity index (χ0n) is 12.7. The quantitative estimate of drug-likeness (QED) is 0.655. The van der Waals surface area contributed by atoms with Gasteiger partial charge in [0.1, 0.15) is 5.82 Å². The van der Waals surface area contributed by atoms with Gasteiger partial charge in [-0.2, -0.15) is 13.2 Å². The van der Waals surface area contributed by atoms with Crippen LogP contribution in [0.1, 0.15) is 23.4 Å². The fraction of sp³-hybridized carbons (Fsp3) is 0.176. The van der Waals surface area contributed by atoms with Gasteiger partial charge < -0.3 is 5.32 Å². The molecule has 0 aliphatic rings. The van der Waals surface area contributed by atoms with Crippen LogP contribution in [0.15, 0.2) is 48.5 Å². The second kappa shape index (κ2) is 6.62. The Hall–Kier alpha value is -2.77. The van der Waals surface area contributed by atoms with Crippen LogP contribution in [0, 0.1) is 0 Å². The topological polar surface area (TPSA) is 37.8 Å². The molecule has 2 aromatic carbocycles. The Morgan fingerprint density at radius 1 is 0.920 bits per heavy atom. The van der Waals surface area contributed by atoms with Gasteiger partial charge in [-0.1, -0.05) is 24.3 Å². The highest BCUT2D eigenvalue weighted by Crippen LogP contribution is 2.29. The minimum Gasteiger partial charge on any atom is -0.365 e. The Labute approximate surface area is 139 Å². The molecule has 0 fully saturated rings. The van der Waals surface area contributed by atoms with Gasteiger partial charge in [0.15, 0.2) is 5.82 Å². The molecule has 3 nitrogen and oxygen atoms in total. The lowest BCUT2D eigenvalue weighted by molar-refractivity contribution is -0.137. The third-order valence-electron chi connectivity index (χ3n) is 3.56. The number of rotatable bonds is 4. The Kier molecular flexibility index (Phi) is 4.52. The van der Waals surface area contributed by atoms with Crippen molar-refractivity contribution in [2.24, 2.45) is 0 Å². The van der Waals surface area contributed by atoms with Crippen LogP contribution in [-0.2, 0) is 12.7 Å². The minimum absolute atomic E-state index is 0.141. The van der Waals surface area contributed by atoms with Gasteiger partial charge in [-0.3, -0.25) is 0 Å². The number of fused-ring (bicyclic) bond motifs is 1. The highest BCUT2D eigenvalue weighted by Gasteiger charge is 2.29. The Bertz CT molecular complexity index is 876. The number of para-hydroxylation sites is 1. The summed E-state index contributed by atoms with van der Waals surface area (Å²) < 4.78 is 63.6. The summed E-state index contributed by atoms with van der Waals surface area (Å²) in [6.07, 6.45) is -7.22. The fourth-order valence-corrected chi connectivity index (χ4v) is 2.32. The zero-order chi connectivity index (χ0) is 18.0. The van der Waals surface area contributed by atoms with Crippen LogP contribution in [0.25, 0.3) is 10.9 Å². The lowest BCUT2D eigenvalue weighted by Gasteiger charge is -2.11. The maximum atomic E-state index is 12.9. The number of benzene rings is 2. The van der Waals surface area contributed by atoms with Crippen molar-refractivity contribution in [3.8, 4) is 0 Å². The van der Waals surface area contributed by atoms with Gasteiger partial charge in [0, 0.05) is 11.9 Å². The van der Waals surface area contributed by atoms with E-state index in [-0.39, 0.29) is 12.4 Å². The lowest BCUT2D eigenvalue weighted by atomic mass is 10.1. The second-order valence-corrected chi connectivity index (χ2v) is 5.30. The molecule has 130 valence electrons. The van der Waals surface area contributed by atoms with E-state index in [4.69, 9.17) is 0 Å². The molecule has 0 unspecified atom stereocenters. The normalized spacial score (nSPS) is 11.9. The third-order valence-corrected chi connectivity index (χ3v) is 3.56. The Morgan fingerprint density at radius 3 is 2.24 bits per heavy atom. The van der Waals surface area contributed by atoms with Gasteiger partial charge in [0.05, 0.1) is 11.1 Å². The van der Waals surface area contributed by atoms with Crippen LogP contribution >= 0.6 is 0 Å². The van der Waals surface area contributed by atoms with E-state index < -0.39 is 24.0 Å². The summed E-state index contributed by atoms with van der Waals surface area (Å²) in [5.74, 6) is -0.394. The minimum atomic E-state index is -4.40. The molecule has 1 heterocycles. The van der Waals surface area contributed by atoms with Crippen molar-refractivity contribution in [1.82, 2.24) is 9.97 Å². The van der Waals surface area contributed by atoms with Gasteiger partial charge in [0.2, 0.25) is 0 Å². The van der Waals surface area contributed by atoms with E-state index in [2.05, 4.69) is 15.3 Å². The average Bonchev–Trinajstić information content (AvgIpc) is 2.59. The van der Waals surface area contributed by atoms with Crippen LogP contribution < -0.4 is 5.32 Å². The van der Waals surface area contributed by atoms with E-state index in [1.165, 1.54) is 12.1 Å². The maximum Gasteiger partial charge on any atom is 0.416 e. The molecule has 0 atom stereocenters. The van der Waals surface area contributed by atoms with Crippen molar-refractivity contribution in [3.63, 3.8) is 0 Å². The third kappa shape index (κ3) is 3.84. The molecule has 0 bridgehead atoms. The van der Waals surface area contributed by atoms with E-state index >= 15 is 0 Å². The SMILES string of the molecule is FC(F)c1nc(NCc2ccc(C(F)(F)F)cc2)c2ccccc2n1. The van der Waals surface area contributed by atoms with Gasteiger partial charge in [-0.25, -0.2) is 18.7 Å². The first-order chi connectivity index (χ1) is 11.8. The molecule has 25 heavy (non-hydrogen) atoms. The molecular formula is C17H12F5N3. The molecule has 1 N–H and O–H groups in total. The summed E-state index contributed by atoms with van der Waals surface area (Å²) in [7, 11) is 0. The van der Waals surface area contributed by atoms with Crippen molar-refractivity contribution in [3.05, 3.63) is 65.5 Å². The van der Waals surface area contributed by atoms with E-state index in [9.17, 15) is 22.0 Å². The fourth-order valence-electron chi connectivity index (χ4n) is 2.32. The van der Waals surface area contributed by atoms with E-state index in [0.717, 1.165) is 12.1 Å². The monoisotopic (exact) mass is 353 g/mol. The van der Waals surface area contributed by atoms with Gasteiger partial charge in [-0.05, 0) is 29.8 Å². The molecule has 0 saturated carbocycles. The number of halogens is 5. The Morgan fingerprint density at radius 2 is 1.60 bits per heavy atom. The van der Waals surface area contributed by atoms with Crippen LogP contribution in [0.4, 0.5) is 27.8 Å². The number of nitrogens with zero attached hydrogens (tertiary/aromatic N) is 2. The largest absolute Gasteiger partial charge is 0.416 e. The van der Waals surface area contributed by atoms with Gasteiger partial charge in [-0.15, -0.1) is 0 Å². The molecular weight excluding hydrogens is 341 g/mol. The van der Waals surface area contributed by atoms with E-state index in [1.807, 2.05) is 0 Å². The van der Waals surface area contributed by atoms with Crippen molar-refractivity contribution in [1.29, 1.82) is 0 Å². The number of hydrogen-bond donors (Lipinski definition) is 1. The summed E-state index contributed by atoms with van der Waals surface area (Å²) in [5.41, 5.74) is 0.181. The van der Waals surface area contributed by atoms with Crippen LogP contribution in [0.3, 0.4) is 0 Å². The summed E-state index contributed by atoms with van der Waals surface area (Å²) in [6.45, 7) is 0.141. The number of aromatic nitrogens is 2. The van der Waals surface area contributed by atoms with Crippen molar-refractivity contribution < 1.29 is 22.0 Å². The molecule has 8 heteroatoms. The van der Waals surface area contributed by atoms with Crippen LogP contribution in [0.5, 0.6) is 0 Å². The van der Waals surface area contributed by atoms with Crippen molar-refractivity contribution in [2.45, 2.75) is 19.1 Å². The highest BCUT2D eigenvalue weighted by molar-refractivity contribution is 5.88. The standard InChI is InChI=1S/C17H12F5N3/c18-14(19)16-24-13-4-2-1-3-12(13)15(25-16)23-9-10-5-7-11(8-6-10)17(20,21)22/h1-8,14H,9H2,(H,23,24,25). The average molecular weight is 353 g/mol. The molecule has 0 aliphatic carbocycles. The number of nitrogens with one attached hydrogen (secondary N) is 1. The van der Waals surface area contributed by atoms with Crippen LogP contribution in [-0.4, -0.2) is 9.97 Å². The molecule has 0 aliphatic heterocycles. The summed E-state index contributed by atoms with van der Waals surface area (Å²) in [5, 5.41) is 3.45. The van der Waals surface area contributed by atoms with Crippen LogP contribution in [0.2, 0.25) is 0 Å². The molecule has 0 amide bonds. The van der Waals surface area contributed by atoms with E-state index in [1.54, 1.807) is 24.3 Å².